The van der Waals surface area contributed by atoms with Crippen LogP contribution in [0.15, 0.2) is 54.6 Å². The van der Waals surface area contributed by atoms with Crippen LogP contribution in [0.2, 0.25) is 0 Å². The predicted octanol–water partition coefficient (Wildman–Crippen LogP) is 3.16. The van der Waals surface area contributed by atoms with Gasteiger partial charge in [0.05, 0.1) is 5.92 Å². The lowest BCUT2D eigenvalue weighted by Gasteiger charge is -2.17. The summed E-state index contributed by atoms with van der Waals surface area (Å²) in [4.78, 5) is 23.6. The smallest absolute Gasteiger partial charge is 0.326 e. The highest BCUT2D eigenvalue weighted by molar-refractivity contribution is 5.88. The van der Waals surface area contributed by atoms with E-state index in [-0.39, 0.29) is 18.2 Å². The molecule has 0 radical (unpaired) electrons. The summed E-state index contributed by atoms with van der Waals surface area (Å²) in [6.45, 7) is 3.57. The van der Waals surface area contributed by atoms with Gasteiger partial charge in [-0.1, -0.05) is 61.5 Å². The van der Waals surface area contributed by atoms with Crippen LogP contribution < -0.4 is 5.32 Å². The number of hydrogen-bond donors (Lipinski definition) is 2. The first-order valence-corrected chi connectivity index (χ1v) is 7.65. The van der Waals surface area contributed by atoms with Gasteiger partial charge in [0.2, 0.25) is 5.91 Å². The molecule has 2 aromatic carbocycles. The molecule has 4 nitrogen and oxygen atoms in total. The first kappa shape index (κ1) is 16.7. The lowest BCUT2D eigenvalue weighted by atomic mass is 9.98. The van der Waals surface area contributed by atoms with Crippen molar-refractivity contribution in [3.05, 3.63) is 60.2 Å². The number of aliphatic carboxylic acids is 1. The number of amides is 1. The molecule has 4 heteroatoms. The van der Waals surface area contributed by atoms with Crippen molar-refractivity contribution >= 4 is 22.6 Å². The molecule has 2 atom stereocenters. The average molecular weight is 311 g/mol. The van der Waals surface area contributed by atoms with E-state index in [2.05, 4.69) is 5.32 Å². The third-order valence-corrected chi connectivity index (χ3v) is 3.81. The second-order valence-corrected chi connectivity index (χ2v) is 5.56. The van der Waals surface area contributed by atoms with Gasteiger partial charge >= 0.3 is 5.97 Å². The molecule has 1 unspecified atom stereocenters. The van der Waals surface area contributed by atoms with E-state index < -0.39 is 12.0 Å². The van der Waals surface area contributed by atoms with E-state index in [4.69, 9.17) is 0 Å². The molecule has 0 fully saturated rings. The van der Waals surface area contributed by atoms with Crippen molar-refractivity contribution in [1.82, 2.24) is 5.32 Å². The lowest BCUT2D eigenvalue weighted by molar-refractivity contribution is -0.142. The van der Waals surface area contributed by atoms with Crippen LogP contribution in [-0.2, 0) is 16.0 Å². The molecule has 0 spiro atoms. The molecule has 23 heavy (non-hydrogen) atoms. The zero-order chi connectivity index (χ0) is 16.8. The minimum Gasteiger partial charge on any atom is -0.480 e. The zero-order valence-corrected chi connectivity index (χ0v) is 13.3. The SMILES string of the molecule is C/C=C/C(C)C(=O)N[C@@H](Cc1cccc2ccccc12)C(=O)O. The minimum atomic E-state index is -1.03. The fourth-order valence-corrected chi connectivity index (χ4v) is 2.57. The van der Waals surface area contributed by atoms with Crippen molar-refractivity contribution in [3.63, 3.8) is 0 Å². The highest BCUT2D eigenvalue weighted by atomic mass is 16.4. The van der Waals surface area contributed by atoms with E-state index in [1.54, 1.807) is 19.1 Å². The quantitative estimate of drug-likeness (QED) is 0.805. The normalized spacial score (nSPS) is 13.8. The van der Waals surface area contributed by atoms with E-state index >= 15 is 0 Å². The maximum atomic E-state index is 12.1. The van der Waals surface area contributed by atoms with Gasteiger partial charge in [0.15, 0.2) is 0 Å². The van der Waals surface area contributed by atoms with E-state index in [0.717, 1.165) is 16.3 Å². The van der Waals surface area contributed by atoms with Crippen LogP contribution >= 0.6 is 0 Å². The molecule has 0 aromatic heterocycles. The second-order valence-electron chi connectivity index (χ2n) is 5.56. The minimum absolute atomic E-state index is 0.255. The van der Waals surface area contributed by atoms with Crippen LogP contribution in [0.3, 0.4) is 0 Å². The summed E-state index contributed by atoms with van der Waals surface area (Å²) in [6, 6.07) is 12.7. The molecule has 2 rings (SSSR count). The van der Waals surface area contributed by atoms with Gasteiger partial charge in [-0.3, -0.25) is 4.79 Å². The Bertz CT molecular complexity index is 731. The van der Waals surface area contributed by atoms with Crippen molar-refractivity contribution in [2.45, 2.75) is 26.3 Å². The van der Waals surface area contributed by atoms with Gasteiger partial charge in [-0.2, -0.15) is 0 Å². The van der Waals surface area contributed by atoms with Gasteiger partial charge in [-0.25, -0.2) is 4.79 Å². The highest BCUT2D eigenvalue weighted by Gasteiger charge is 2.22. The number of benzene rings is 2. The number of nitrogens with one attached hydrogen (secondary N) is 1. The zero-order valence-electron chi connectivity index (χ0n) is 13.3. The predicted molar refractivity (Wildman–Crippen MR) is 91.2 cm³/mol. The first-order chi connectivity index (χ1) is 11.0. The molecule has 0 saturated carbocycles. The van der Waals surface area contributed by atoms with E-state index in [9.17, 15) is 14.7 Å². The fraction of sp³-hybridized carbons (Fsp3) is 0.263. The Morgan fingerprint density at radius 1 is 1.17 bits per heavy atom. The van der Waals surface area contributed by atoms with E-state index in [1.165, 1.54) is 0 Å². The van der Waals surface area contributed by atoms with Gasteiger partial charge in [-0.15, -0.1) is 0 Å². The number of fused-ring (bicyclic) bond motifs is 1. The van der Waals surface area contributed by atoms with Crippen LogP contribution in [0.4, 0.5) is 0 Å². The Labute approximate surface area is 135 Å². The van der Waals surface area contributed by atoms with Crippen LogP contribution in [0.25, 0.3) is 10.8 Å². The summed E-state index contributed by atoms with van der Waals surface area (Å²) in [5.41, 5.74) is 0.912. The summed E-state index contributed by atoms with van der Waals surface area (Å²) in [5, 5.41) is 14.1. The van der Waals surface area contributed by atoms with Crippen LogP contribution in [0.5, 0.6) is 0 Å². The molecular formula is C19H21NO3. The van der Waals surface area contributed by atoms with Crippen molar-refractivity contribution in [3.8, 4) is 0 Å². The molecular weight excluding hydrogens is 290 g/mol. The van der Waals surface area contributed by atoms with Crippen LogP contribution in [-0.4, -0.2) is 23.0 Å². The molecule has 2 N–H and O–H groups in total. The number of carbonyl (C=O) groups is 2. The monoisotopic (exact) mass is 311 g/mol. The number of carbonyl (C=O) groups excluding carboxylic acids is 1. The Morgan fingerprint density at radius 2 is 1.87 bits per heavy atom. The lowest BCUT2D eigenvalue weighted by Crippen LogP contribution is -2.44. The summed E-state index contributed by atoms with van der Waals surface area (Å²) >= 11 is 0. The Balaban J connectivity index is 2.22. The first-order valence-electron chi connectivity index (χ1n) is 7.65. The third kappa shape index (κ3) is 4.19. The summed E-state index contributed by atoms with van der Waals surface area (Å²) < 4.78 is 0. The maximum Gasteiger partial charge on any atom is 0.326 e. The van der Waals surface area contributed by atoms with Gasteiger partial charge in [0, 0.05) is 6.42 Å². The van der Waals surface area contributed by atoms with Gasteiger partial charge in [-0.05, 0) is 23.3 Å². The average Bonchev–Trinajstić information content (AvgIpc) is 2.54. The molecule has 0 aliphatic carbocycles. The Kier molecular flexibility index (Phi) is 5.52. The summed E-state index contributed by atoms with van der Waals surface area (Å²) in [5.74, 6) is -1.66. The molecule has 0 aliphatic heterocycles. The Morgan fingerprint density at radius 3 is 2.57 bits per heavy atom. The topological polar surface area (TPSA) is 66.4 Å². The van der Waals surface area contributed by atoms with Crippen LogP contribution in [0, 0.1) is 5.92 Å². The summed E-state index contributed by atoms with van der Waals surface area (Å²) in [7, 11) is 0. The van der Waals surface area contributed by atoms with E-state index in [1.807, 2.05) is 49.4 Å². The van der Waals surface area contributed by atoms with Crippen LogP contribution in [0.1, 0.15) is 19.4 Å². The van der Waals surface area contributed by atoms with Gasteiger partial charge in [0.25, 0.3) is 0 Å². The standard InChI is InChI=1S/C19H21NO3/c1-3-7-13(2)18(21)20-17(19(22)23)12-15-10-6-9-14-8-4-5-11-16(14)15/h3-11,13,17H,12H2,1-2H3,(H,20,21)(H,22,23)/b7-3+/t13?,17-/m0/s1. The second kappa shape index (κ2) is 7.58. The van der Waals surface area contributed by atoms with E-state index in [0.29, 0.717) is 0 Å². The van der Waals surface area contributed by atoms with Crippen molar-refractivity contribution < 1.29 is 14.7 Å². The van der Waals surface area contributed by atoms with Crippen molar-refractivity contribution in [2.75, 3.05) is 0 Å². The molecule has 0 aliphatic rings. The Hall–Kier alpha value is -2.62. The maximum absolute atomic E-state index is 12.1. The molecule has 2 aromatic rings. The largest absolute Gasteiger partial charge is 0.480 e. The highest BCUT2D eigenvalue weighted by Crippen LogP contribution is 2.20. The molecule has 0 bridgehead atoms. The van der Waals surface area contributed by atoms with Gasteiger partial charge < -0.3 is 10.4 Å². The third-order valence-electron chi connectivity index (χ3n) is 3.81. The molecule has 0 saturated heterocycles. The summed E-state index contributed by atoms with van der Waals surface area (Å²) in [6.07, 6.45) is 3.78. The fourth-order valence-electron chi connectivity index (χ4n) is 2.57. The molecule has 0 heterocycles. The number of rotatable bonds is 6. The molecule has 120 valence electrons. The van der Waals surface area contributed by atoms with Crippen molar-refractivity contribution in [2.24, 2.45) is 5.92 Å². The number of allylic oxidation sites excluding steroid dienone is 1. The van der Waals surface area contributed by atoms with Crippen molar-refractivity contribution in [1.29, 1.82) is 0 Å². The van der Waals surface area contributed by atoms with Gasteiger partial charge in [0.1, 0.15) is 6.04 Å². The number of carboxylic acids is 1. The number of hydrogen-bond acceptors (Lipinski definition) is 2. The molecule has 1 amide bonds. The number of carboxylic acid groups (broad SMARTS) is 1.